The quantitative estimate of drug-likeness (QED) is 0.617. The van der Waals surface area contributed by atoms with Gasteiger partial charge >= 0.3 is 0 Å². The van der Waals surface area contributed by atoms with Crippen LogP contribution < -0.4 is 0 Å². The lowest BCUT2D eigenvalue weighted by Crippen LogP contribution is -1.97. The molecule has 0 spiro atoms. The molecule has 3 aromatic rings. The summed E-state index contributed by atoms with van der Waals surface area (Å²) in [5.41, 5.74) is 2.05. The van der Waals surface area contributed by atoms with E-state index in [2.05, 4.69) is 0 Å². The van der Waals surface area contributed by atoms with Crippen molar-refractivity contribution in [3.05, 3.63) is 70.1 Å². The Kier molecular flexibility index (Phi) is 3.21. The molecule has 2 aromatic carbocycles. The van der Waals surface area contributed by atoms with Gasteiger partial charge in [0.2, 0.25) is 0 Å². The largest absolute Gasteiger partial charge is 0.343 e. The van der Waals surface area contributed by atoms with Crippen LogP contribution >= 0.6 is 23.2 Å². The van der Waals surface area contributed by atoms with Crippen molar-refractivity contribution in [1.82, 2.24) is 4.57 Å². The van der Waals surface area contributed by atoms with Gasteiger partial charge in [0, 0.05) is 23.6 Å². The van der Waals surface area contributed by atoms with Gasteiger partial charge < -0.3 is 4.57 Å². The summed E-state index contributed by atoms with van der Waals surface area (Å²) in [5.74, 6) is -0.222. The number of nitrogens with zero attached hydrogens (tertiary/aromatic N) is 1. The number of halogens is 3. The molecule has 0 radical (unpaired) electrons. The van der Waals surface area contributed by atoms with Gasteiger partial charge in [0.15, 0.2) is 0 Å². The third-order valence-electron chi connectivity index (χ3n) is 3.07. The Labute approximate surface area is 120 Å². The van der Waals surface area contributed by atoms with E-state index < -0.39 is 0 Å². The molecule has 1 heterocycles. The predicted molar refractivity (Wildman–Crippen MR) is 77.5 cm³/mol. The van der Waals surface area contributed by atoms with Gasteiger partial charge in [-0.3, -0.25) is 0 Å². The van der Waals surface area contributed by atoms with E-state index in [-0.39, 0.29) is 5.82 Å². The maximum atomic E-state index is 13.1. The maximum absolute atomic E-state index is 13.1. The summed E-state index contributed by atoms with van der Waals surface area (Å²) >= 11 is 11.9. The molecule has 0 aliphatic rings. The summed E-state index contributed by atoms with van der Waals surface area (Å²) in [5, 5.41) is 1.98. The van der Waals surface area contributed by atoms with Crippen molar-refractivity contribution in [1.29, 1.82) is 0 Å². The summed E-state index contributed by atoms with van der Waals surface area (Å²) in [6, 6.07) is 12.2. The highest BCUT2D eigenvalue weighted by molar-refractivity contribution is 6.42. The van der Waals surface area contributed by atoms with Gasteiger partial charge in [-0.25, -0.2) is 4.39 Å². The molecule has 4 heteroatoms. The van der Waals surface area contributed by atoms with Crippen LogP contribution in [-0.2, 0) is 6.54 Å². The average molecular weight is 294 g/mol. The van der Waals surface area contributed by atoms with Gasteiger partial charge in [-0.05, 0) is 42.0 Å². The van der Waals surface area contributed by atoms with Gasteiger partial charge in [0.25, 0.3) is 0 Å². The molecule has 96 valence electrons. The first-order valence-electron chi connectivity index (χ1n) is 5.82. The van der Waals surface area contributed by atoms with Crippen molar-refractivity contribution in [3.63, 3.8) is 0 Å². The van der Waals surface area contributed by atoms with E-state index in [1.807, 2.05) is 29.0 Å². The molecule has 0 amide bonds. The lowest BCUT2D eigenvalue weighted by Gasteiger charge is -2.07. The Morgan fingerprint density at radius 3 is 2.58 bits per heavy atom. The molecule has 0 saturated heterocycles. The summed E-state index contributed by atoms with van der Waals surface area (Å²) in [6.07, 6.45) is 1.94. The molecule has 0 N–H and O–H groups in total. The number of rotatable bonds is 2. The van der Waals surface area contributed by atoms with Crippen molar-refractivity contribution >= 4 is 34.1 Å². The fraction of sp³-hybridized carbons (Fsp3) is 0.0667. The second kappa shape index (κ2) is 4.87. The fourth-order valence-electron chi connectivity index (χ4n) is 2.14. The van der Waals surface area contributed by atoms with Crippen LogP contribution in [0.1, 0.15) is 5.56 Å². The zero-order valence-electron chi connectivity index (χ0n) is 9.91. The van der Waals surface area contributed by atoms with E-state index in [1.165, 1.54) is 12.1 Å². The Morgan fingerprint density at radius 1 is 0.947 bits per heavy atom. The third kappa shape index (κ3) is 2.46. The molecule has 0 bridgehead atoms. The smallest absolute Gasteiger partial charge is 0.123 e. The summed E-state index contributed by atoms with van der Waals surface area (Å²) in [4.78, 5) is 0. The molecule has 0 saturated carbocycles. The second-order valence-corrected chi connectivity index (χ2v) is 5.21. The molecule has 0 aliphatic heterocycles. The van der Waals surface area contributed by atoms with E-state index >= 15 is 0 Å². The summed E-state index contributed by atoms with van der Waals surface area (Å²) < 4.78 is 15.2. The monoisotopic (exact) mass is 293 g/mol. The Balaban J connectivity index is 1.98. The molecule has 1 nitrogen and oxygen atoms in total. The van der Waals surface area contributed by atoms with Gasteiger partial charge in [0.1, 0.15) is 5.82 Å². The predicted octanol–water partition coefficient (Wildman–Crippen LogP) is 5.14. The standard InChI is InChI=1S/C15H10Cl2FN/c16-13-3-1-10(7-14(13)17)9-19-6-5-11-8-12(18)2-4-15(11)19/h1-8H,9H2. The minimum Gasteiger partial charge on any atom is -0.343 e. The number of aromatic nitrogens is 1. The Morgan fingerprint density at radius 2 is 1.79 bits per heavy atom. The van der Waals surface area contributed by atoms with E-state index in [0.29, 0.717) is 16.6 Å². The van der Waals surface area contributed by atoms with Crippen molar-refractivity contribution in [3.8, 4) is 0 Å². The van der Waals surface area contributed by atoms with Crippen molar-refractivity contribution in [2.45, 2.75) is 6.54 Å². The Hall–Kier alpha value is -1.51. The van der Waals surface area contributed by atoms with Crippen LogP contribution in [0.4, 0.5) is 4.39 Å². The minimum atomic E-state index is -0.222. The highest BCUT2D eigenvalue weighted by atomic mass is 35.5. The van der Waals surface area contributed by atoms with Gasteiger partial charge in [-0.15, -0.1) is 0 Å². The maximum Gasteiger partial charge on any atom is 0.123 e. The van der Waals surface area contributed by atoms with Crippen LogP contribution in [0.15, 0.2) is 48.7 Å². The molecule has 1 aromatic heterocycles. The van der Waals surface area contributed by atoms with Crippen molar-refractivity contribution in [2.24, 2.45) is 0 Å². The van der Waals surface area contributed by atoms with Crippen LogP contribution in [0.2, 0.25) is 10.0 Å². The molecular weight excluding hydrogens is 284 g/mol. The molecule has 0 fully saturated rings. The van der Waals surface area contributed by atoms with Crippen molar-refractivity contribution in [2.75, 3.05) is 0 Å². The zero-order chi connectivity index (χ0) is 13.4. The summed E-state index contributed by atoms with van der Waals surface area (Å²) in [7, 11) is 0. The topological polar surface area (TPSA) is 4.93 Å². The highest BCUT2D eigenvalue weighted by Gasteiger charge is 2.04. The molecule has 3 rings (SSSR count). The number of benzene rings is 2. The molecule has 19 heavy (non-hydrogen) atoms. The van der Waals surface area contributed by atoms with E-state index in [4.69, 9.17) is 23.2 Å². The first-order valence-corrected chi connectivity index (χ1v) is 6.57. The van der Waals surface area contributed by atoms with Crippen LogP contribution in [-0.4, -0.2) is 4.57 Å². The lowest BCUT2D eigenvalue weighted by molar-refractivity contribution is 0.629. The number of fused-ring (bicyclic) bond motifs is 1. The Bertz CT molecular complexity index is 749. The zero-order valence-corrected chi connectivity index (χ0v) is 11.4. The van der Waals surface area contributed by atoms with Crippen LogP contribution in [0.5, 0.6) is 0 Å². The molecule has 0 atom stereocenters. The first-order chi connectivity index (χ1) is 9.13. The van der Waals surface area contributed by atoms with Gasteiger partial charge in [0.05, 0.1) is 10.0 Å². The number of hydrogen-bond donors (Lipinski definition) is 0. The number of hydrogen-bond acceptors (Lipinski definition) is 0. The molecule has 0 aliphatic carbocycles. The van der Waals surface area contributed by atoms with Crippen LogP contribution in [0.3, 0.4) is 0 Å². The van der Waals surface area contributed by atoms with Crippen LogP contribution in [0.25, 0.3) is 10.9 Å². The van der Waals surface area contributed by atoms with Gasteiger partial charge in [-0.1, -0.05) is 29.3 Å². The SMILES string of the molecule is Fc1ccc2c(ccn2Cc2ccc(Cl)c(Cl)c2)c1. The normalized spacial score (nSPS) is 11.1. The third-order valence-corrected chi connectivity index (χ3v) is 3.81. The lowest BCUT2D eigenvalue weighted by atomic mass is 10.2. The average Bonchev–Trinajstić information content (AvgIpc) is 2.76. The van der Waals surface area contributed by atoms with Crippen LogP contribution in [0, 0.1) is 5.82 Å². The fourth-order valence-corrected chi connectivity index (χ4v) is 2.46. The van der Waals surface area contributed by atoms with Crippen molar-refractivity contribution < 1.29 is 4.39 Å². The van der Waals surface area contributed by atoms with Gasteiger partial charge in [-0.2, -0.15) is 0 Å². The van der Waals surface area contributed by atoms with E-state index in [9.17, 15) is 4.39 Å². The molecular formula is C15H10Cl2FN. The first kappa shape index (κ1) is 12.5. The van der Waals surface area contributed by atoms with E-state index in [0.717, 1.165) is 16.5 Å². The highest BCUT2D eigenvalue weighted by Crippen LogP contribution is 2.24. The summed E-state index contributed by atoms with van der Waals surface area (Å²) in [6.45, 7) is 0.673. The van der Waals surface area contributed by atoms with E-state index in [1.54, 1.807) is 12.1 Å². The second-order valence-electron chi connectivity index (χ2n) is 4.40. The minimum absolute atomic E-state index is 0.222. The molecule has 0 unspecified atom stereocenters.